The average Bonchev–Trinajstić information content (AvgIpc) is 0.750. The van der Waals surface area contributed by atoms with Crippen LogP contribution in [0.15, 0.2) is 12.2 Å². The molecule has 5 aliphatic rings. The zero-order valence-electron chi connectivity index (χ0n) is 63.1. The molecule has 0 spiro atoms. The van der Waals surface area contributed by atoms with Gasteiger partial charge >= 0.3 is 5.97 Å². The maximum atomic E-state index is 13.9. The summed E-state index contributed by atoms with van der Waals surface area (Å²) in [4.78, 5) is 53.1. The SMILES string of the molecule is CCCCCCCCCCCCC/C=C/[C@@H](O)C(COC1OC(CO)[C@@H](O[C@@H]2B[C@H](CO)[C@H](O[C@@H]3O[C@H](CO)[C@H](O)[C@H](O[C@@H]4O[C@H](CO)[C@H](O)[C@H](O)C4O)C3NC(C)=O)[C@H](O[C@]3(C(=O)O)CC(O)[C@@H](NC(C)=O)C(C(O)C(O)CO)O3)C2O)C(O)[C@H]1O)NC(=O)CCCCCCCCCCCCCCCCC. The molecule has 33 nitrogen and oxygen atoms in total. The van der Waals surface area contributed by atoms with E-state index in [1.54, 1.807) is 6.08 Å². The van der Waals surface area contributed by atoms with Crippen LogP contribution in [0, 0.1) is 0 Å². The number of hydrogen-bond donors (Lipinski definition) is 20. The highest BCUT2D eigenvalue weighted by molar-refractivity contribution is 6.40. The van der Waals surface area contributed by atoms with Crippen LogP contribution in [0.25, 0.3) is 0 Å². The third-order valence-electron chi connectivity index (χ3n) is 21.1. The molecule has 5 aliphatic heterocycles. The second-order valence-electron chi connectivity index (χ2n) is 29.8. The Morgan fingerprint density at radius 3 is 1.52 bits per heavy atom. The van der Waals surface area contributed by atoms with Crippen molar-refractivity contribution in [3.05, 3.63) is 12.2 Å². The van der Waals surface area contributed by atoms with E-state index < -0.39 is 242 Å². The van der Waals surface area contributed by atoms with E-state index in [2.05, 4.69) is 29.8 Å². The van der Waals surface area contributed by atoms with Crippen molar-refractivity contribution in [1.29, 1.82) is 0 Å². The number of aliphatic carboxylic acids is 1. The summed E-state index contributed by atoms with van der Waals surface area (Å²) in [5.74, 6) is -9.09. The number of amides is 3. The molecular formula is C73H132BN3O30. The molecule has 0 saturated carbocycles. The zero-order valence-corrected chi connectivity index (χ0v) is 63.1. The number of nitrogens with one attached hydrogen (secondary N) is 3. The minimum absolute atomic E-state index is 0.147. The summed E-state index contributed by atoms with van der Waals surface area (Å²) < 4.78 is 54.7. The summed E-state index contributed by atoms with van der Waals surface area (Å²) in [6.45, 7) is 0.725. The second-order valence-corrected chi connectivity index (χ2v) is 29.8. The number of carbonyl (C=O) groups is 4. The van der Waals surface area contributed by atoms with Gasteiger partial charge in [0.1, 0.15) is 104 Å². The van der Waals surface area contributed by atoms with Crippen LogP contribution in [0.4, 0.5) is 0 Å². The summed E-state index contributed by atoms with van der Waals surface area (Å²) in [6.07, 6.45) is -10.8. The molecule has 3 amide bonds. The molecule has 0 radical (unpaired) electrons. The van der Waals surface area contributed by atoms with Gasteiger partial charge in [-0.25, -0.2) is 4.79 Å². The van der Waals surface area contributed by atoms with Gasteiger partial charge in [0, 0.05) is 33.3 Å². The highest BCUT2D eigenvalue weighted by Crippen LogP contribution is 2.42. The number of carbonyl (C=O) groups excluding carboxylic acids is 3. The largest absolute Gasteiger partial charge is 0.477 e. The lowest BCUT2D eigenvalue weighted by molar-refractivity contribution is -0.365. The molecule has 5 rings (SSSR count). The van der Waals surface area contributed by atoms with E-state index in [4.69, 9.17) is 42.6 Å². The van der Waals surface area contributed by atoms with Crippen LogP contribution in [0.2, 0.25) is 5.82 Å². The summed E-state index contributed by atoms with van der Waals surface area (Å²) >= 11 is 0. The van der Waals surface area contributed by atoms with Crippen molar-refractivity contribution in [2.75, 3.05) is 39.6 Å². The quantitative estimate of drug-likeness (QED) is 0.0193. The van der Waals surface area contributed by atoms with E-state index >= 15 is 0 Å². The van der Waals surface area contributed by atoms with Gasteiger partial charge < -0.3 is 145 Å². The Morgan fingerprint density at radius 2 is 1.01 bits per heavy atom. The Labute approximate surface area is 629 Å². The summed E-state index contributed by atoms with van der Waals surface area (Å²) in [6, 6.07) is -6.55. The van der Waals surface area contributed by atoms with Crippen LogP contribution in [-0.2, 0) is 61.8 Å². The first-order valence-electron chi connectivity index (χ1n) is 39.4. The van der Waals surface area contributed by atoms with E-state index in [0.29, 0.717) is 12.8 Å². The zero-order chi connectivity index (χ0) is 78.8. The molecule has 622 valence electrons. The standard InChI is InChI=1S/C73H132BN3O30/c1-5-7-9-11-13-15-17-19-20-22-24-26-28-30-32-34-52(88)77-45(46(85)33-31-29-27-25-23-21-18-16-14-12-10-8-6-2)41-99-70-61(95)59(93)64(51(40-82)102-70)103-68-62(96)67(107-73(72(97)98)35-47(86)53(75-42(3)83)66(106-73)55(89)48(87)37-79)63(44(36-78)74-68)104-69-54(76-43(4)84)65(57(91)50(39-81)100-69)105-71-60(94)58(92)56(90)49(38-80)101-71/h31,33,44-51,53-71,74,78-82,85-87,89-96H,5-30,32,34-41H2,1-4H3,(H,75,83)(H,76,84)(H,77,88)(H,97,98)/b33-31+/t44-,45?,46-,47?,48?,49-,50-,51?,53-,54?,55?,56+,57+,58+,59?,60?,61-,62?,63+,64-,65-,66?,67-,68+,69+,70?,71+,73+/m1/s1. The fourth-order valence-corrected chi connectivity index (χ4v) is 14.8. The Morgan fingerprint density at radius 1 is 0.523 bits per heavy atom. The molecule has 11 unspecified atom stereocenters. The van der Waals surface area contributed by atoms with E-state index in [9.17, 15) is 106 Å². The minimum Gasteiger partial charge on any atom is -0.477 e. The fourth-order valence-electron chi connectivity index (χ4n) is 14.8. The number of allylic oxidation sites excluding steroid dienone is 1. The molecule has 107 heavy (non-hydrogen) atoms. The Hall–Kier alpha value is -3.32. The van der Waals surface area contributed by atoms with E-state index in [-0.39, 0.29) is 12.3 Å². The van der Waals surface area contributed by atoms with Crippen LogP contribution in [0.3, 0.4) is 0 Å². The highest BCUT2D eigenvalue weighted by atomic mass is 16.8. The topological polar surface area (TPSA) is 531 Å². The first kappa shape index (κ1) is 94.3. The van der Waals surface area contributed by atoms with Gasteiger partial charge in [0.2, 0.25) is 17.7 Å². The lowest BCUT2D eigenvalue weighted by Gasteiger charge is -2.53. The molecule has 5 saturated heterocycles. The van der Waals surface area contributed by atoms with Gasteiger partial charge in [-0.3, -0.25) is 14.4 Å². The number of rotatable bonds is 52. The summed E-state index contributed by atoms with van der Waals surface area (Å²) in [7, 11) is -0.614. The number of aliphatic hydroxyl groups excluding tert-OH is 16. The highest BCUT2D eigenvalue weighted by Gasteiger charge is 2.62. The van der Waals surface area contributed by atoms with Crippen LogP contribution >= 0.6 is 0 Å². The molecule has 20 N–H and O–H groups in total. The van der Waals surface area contributed by atoms with Gasteiger partial charge in [0.15, 0.2) is 26.1 Å². The third kappa shape index (κ3) is 29.2. The van der Waals surface area contributed by atoms with Crippen molar-refractivity contribution in [2.45, 2.75) is 384 Å². The smallest absolute Gasteiger partial charge is 0.364 e. The summed E-state index contributed by atoms with van der Waals surface area (Å²) in [5, 5.41) is 197. The molecule has 28 atom stereocenters. The lowest BCUT2D eigenvalue weighted by atomic mass is 9.50. The Kier molecular flexibility index (Phi) is 44.1. The number of carboxylic acid groups (broad SMARTS) is 1. The van der Waals surface area contributed by atoms with E-state index in [1.807, 2.05) is 6.08 Å². The number of aliphatic hydroxyl groups is 16. The number of ether oxygens (including phenoxy) is 9. The van der Waals surface area contributed by atoms with E-state index in [0.717, 1.165) is 65.2 Å². The second kappa shape index (κ2) is 50.0. The fraction of sp³-hybridized carbons (Fsp3) is 0.918. The molecule has 0 bridgehead atoms. The average molecular weight is 1540 g/mol. The van der Waals surface area contributed by atoms with Crippen LogP contribution in [0.1, 0.15) is 214 Å². The van der Waals surface area contributed by atoms with Crippen LogP contribution in [0.5, 0.6) is 0 Å². The molecule has 0 aromatic carbocycles. The molecule has 34 heteroatoms. The Balaban J connectivity index is 1.40. The van der Waals surface area contributed by atoms with Gasteiger partial charge in [0.25, 0.3) is 5.79 Å². The predicted molar refractivity (Wildman–Crippen MR) is 384 cm³/mol. The van der Waals surface area contributed by atoms with Gasteiger partial charge in [-0.2, -0.15) is 0 Å². The predicted octanol–water partition coefficient (Wildman–Crippen LogP) is -1.20. The van der Waals surface area contributed by atoms with Gasteiger partial charge in [-0.05, 0) is 25.1 Å². The molecule has 0 aromatic rings. The Bertz CT molecular complexity index is 2510. The van der Waals surface area contributed by atoms with Gasteiger partial charge in [-0.15, -0.1) is 0 Å². The number of carboxylic acids is 1. The number of unbranched alkanes of at least 4 members (excludes halogenated alkanes) is 25. The van der Waals surface area contributed by atoms with Crippen molar-refractivity contribution in [2.24, 2.45) is 0 Å². The van der Waals surface area contributed by atoms with Gasteiger partial charge in [-0.1, -0.05) is 180 Å². The summed E-state index contributed by atoms with van der Waals surface area (Å²) in [5.41, 5.74) is 0. The van der Waals surface area contributed by atoms with Crippen molar-refractivity contribution >= 4 is 31.0 Å². The maximum absolute atomic E-state index is 13.9. The molecule has 0 aromatic heterocycles. The van der Waals surface area contributed by atoms with Crippen molar-refractivity contribution in [3.8, 4) is 0 Å². The third-order valence-corrected chi connectivity index (χ3v) is 21.1. The van der Waals surface area contributed by atoms with Crippen LogP contribution < -0.4 is 16.0 Å². The first-order chi connectivity index (χ1) is 51.3. The van der Waals surface area contributed by atoms with Crippen molar-refractivity contribution in [1.82, 2.24) is 16.0 Å². The molecule has 0 aliphatic carbocycles. The van der Waals surface area contributed by atoms with Gasteiger partial charge in [0.05, 0.1) is 69.4 Å². The monoisotopic (exact) mass is 1540 g/mol. The normalized spacial score (nSPS) is 34.5. The lowest BCUT2D eigenvalue weighted by Crippen LogP contribution is -2.72. The van der Waals surface area contributed by atoms with E-state index in [1.165, 1.54) is 109 Å². The van der Waals surface area contributed by atoms with Crippen molar-refractivity contribution in [3.63, 3.8) is 0 Å². The van der Waals surface area contributed by atoms with Crippen molar-refractivity contribution < 1.29 is 149 Å². The molecule has 5 heterocycles. The maximum Gasteiger partial charge on any atom is 0.364 e. The molecular weight excluding hydrogens is 1410 g/mol. The number of hydrogen-bond acceptors (Lipinski definition) is 29. The first-order valence-corrected chi connectivity index (χ1v) is 39.4. The minimum atomic E-state index is -3.33. The van der Waals surface area contributed by atoms with Crippen LogP contribution in [-0.4, -0.2) is 322 Å². The molecule has 5 fully saturated rings.